The van der Waals surface area contributed by atoms with Crippen LogP contribution in [0.5, 0.6) is 17.2 Å². The molecule has 1 N–H and O–H groups in total. The lowest BCUT2D eigenvalue weighted by Gasteiger charge is -2.12. The molecular formula is C20H17Cl2N3O4S. The van der Waals surface area contributed by atoms with Crippen LogP contribution in [0.25, 0.3) is 11.1 Å². The second kappa shape index (κ2) is 9.80. The zero-order valence-corrected chi connectivity index (χ0v) is 18.6. The number of halogens is 2. The van der Waals surface area contributed by atoms with Gasteiger partial charge in [0.25, 0.3) is 5.91 Å². The Hall–Kier alpha value is -2.81. The van der Waals surface area contributed by atoms with Crippen molar-refractivity contribution in [1.82, 2.24) is 10.2 Å². The number of rotatable bonds is 7. The van der Waals surface area contributed by atoms with E-state index in [0.29, 0.717) is 43.6 Å². The maximum absolute atomic E-state index is 12.4. The number of carbonyl (C=O) groups excluding carboxylic acids is 1. The zero-order valence-electron chi connectivity index (χ0n) is 16.2. The highest BCUT2D eigenvalue weighted by molar-refractivity contribution is 7.15. The number of anilines is 1. The number of hydrogen-bond donors (Lipinski definition) is 1. The Labute approximate surface area is 187 Å². The van der Waals surface area contributed by atoms with Crippen molar-refractivity contribution in [1.29, 1.82) is 0 Å². The smallest absolute Gasteiger partial charge is 0.286 e. The van der Waals surface area contributed by atoms with Crippen molar-refractivity contribution >= 4 is 57.2 Å². The molecule has 0 spiro atoms. The van der Waals surface area contributed by atoms with E-state index in [-0.39, 0.29) is 5.01 Å². The molecule has 2 aromatic carbocycles. The van der Waals surface area contributed by atoms with E-state index in [2.05, 4.69) is 15.5 Å². The SMILES string of the molecule is COc1cc(/C=C(\Cl)c2nnc(C(=O)Nc3ccc(Cl)cc3)s2)cc(OC)c1OC. The number of ether oxygens (including phenoxy) is 3. The van der Waals surface area contributed by atoms with Gasteiger partial charge in [-0.15, -0.1) is 10.2 Å². The minimum Gasteiger partial charge on any atom is -0.493 e. The van der Waals surface area contributed by atoms with Crippen LogP contribution in [0.15, 0.2) is 36.4 Å². The summed E-state index contributed by atoms with van der Waals surface area (Å²) in [6, 6.07) is 10.2. The third-order valence-electron chi connectivity index (χ3n) is 3.91. The first-order valence-electron chi connectivity index (χ1n) is 8.53. The Kier molecular flexibility index (Phi) is 7.15. The van der Waals surface area contributed by atoms with Crippen LogP contribution >= 0.6 is 34.5 Å². The van der Waals surface area contributed by atoms with Crippen LogP contribution in [0.3, 0.4) is 0 Å². The molecule has 10 heteroatoms. The van der Waals surface area contributed by atoms with Crippen LogP contribution in [0.2, 0.25) is 5.02 Å². The van der Waals surface area contributed by atoms with Gasteiger partial charge in [-0.2, -0.15) is 0 Å². The van der Waals surface area contributed by atoms with Crippen molar-refractivity contribution in [3.05, 3.63) is 57.0 Å². The Bertz CT molecular complexity index is 1060. The molecule has 0 saturated heterocycles. The number of benzene rings is 2. The quantitative estimate of drug-likeness (QED) is 0.515. The Morgan fingerprint density at radius 1 is 1.00 bits per heavy atom. The molecule has 156 valence electrons. The second-order valence-corrected chi connectivity index (χ2v) is 7.65. The normalized spacial score (nSPS) is 11.2. The van der Waals surface area contributed by atoms with Gasteiger partial charge in [-0.3, -0.25) is 4.79 Å². The van der Waals surface area contributed by atoms with E-state index < -0.39 is 5.91 Å². The first-order chi connectivity index (χ1) is 14.4. The van der Waals surface area contributed by atoms with Crippen LogP contribution in [0.4, 0.5) is 5.69 Å². The average molecular weight is 466 g/mol. The van der Waals surface area contributed by atoms with Crippen molar-refractivity contribution in [3.8, 4) is 17.2 Å². The minimum absolute atomic E-state index is 0.177. The molecule has 3 rings (SSSR count). The van der Waals surface area contributed by atoms with Gasteiger partial charge in [-0.1, -0.05) is 34.5 Å². The number of aromatic nitrogens is 2. The zero-order chi connectivity index (χ0) is 21.7. The molecule has 30 heavy (non-hydrogen) atoms. The summed E-state index contributed by atoms with van der Waals surface area (Å²) < 4.78 is 16.0. The van der Waals surface area contributed by atoms with Gasteiger partial charge in [-0.05, 0) is 48.0 Å². The first kappa shape index (κ1) is 21.9. The van der Waals surface area contributed by atoms with Crippen molar-refractivity contribution < 1.29 is 19.0 Å². The summed E-state index contributed by atoms with van der Waals surface area (Å²) in [6.45, 7) is 0. The van der Waals surface area contributed by atoms with E-state index in [1.807, 2.05) is 0 Å². The van der Waals surface area contributed by atoms with Crippen molar-refractivity contribution in [2.75, 3.05) is 26.6 Å². The van der Waals surface area contributed by atoms with Gasteiger partial charge in [0.05, 0.1) is 26.4 Å². The molecule has 0 unspecified atom stereocenters. The monoisotopic (exact) mass is 465 g/mol. The maximum atomic E-state index is 12.4. The molecule has 7 nitrogen and oxygen atoms in total. The summed E-state index contributed by atoms with van der Waals surface area (Å²) in [4.78, 5) is 12.4. The lowest BCUT2D eigenvalue weighted by atomic mass is 10.1. The second-order valence-electron chi connectivity index (χ2n) is 5.82. The summed E-state index contributed by atoms with van der Waals surface area (Å²) in [5.74, 6) is 1.07. The topological polar surface area (TPSA) is 82.6 Å². The van der Waals surface area contributed by atoms with Gasteiger partial charge in [0.15, 0.2) is 16.5 Å². The summed E-state index contributed by atoms with van der Waals surface area (Å²) in [6.07, 6.45) is 1.67. The molecule has 1 amide bonds. The Morgan fingerprint density at radius 3 is 2.17 bits per heavy atom. The highest BCUT2D eigenvalue weighted by Crippen LogP contribution is 2.39. The maximum Gasteiger partial charge on any atom is 0.286 e. The number of carbonyl (C=O) groups is 1. The lowest BCUT2D eigenvalue weighted by molar-refractivity contribution is 0.102. The van der Waals surface area contributed by atoms with Crippen molar-refractivity contribution in [2.45, 2.75) is 0 Å². The number of hydrogen-bond acceptors (Lipinski definition) is 7. The predicted octanol–water partition coefficient (Wildman–Crippen LogP) is 5.21. The van der Waals surface area contributed by atoms with Gasteiger partial charge in [-0.25, -0.2) is 0 Å². The third-order valence-corrected chi connectivity index (χ3v) is 5.51. The fourth-order valence-electron chi connectivity index (χ4n) is 2.52. The molecule has 0 aliphatic heterocycles. The molecule has 0 bridgehead atoms. The average Bonchev–Trinajstić information content (AvgIpc) is 3.25. The van der Waals surface area contributed by atoms with Gasteiger partial charge in [0.2, 0.25) is 10.8 Å². The van der Waals surface area contributed by atoms with Crippen LogP contribution in [0.1, 0.15) is 20.4 Å². The number of methoxy groups -OCH3 is 3. The van der Waals surface area contributed by atoms with Crippen LogP contribution in [0, 0.1) is 0 Å². The third kappa shape index (κ3) is 5.02. The van der Waals surface area contributed by atoms with E-state index >= 15 is 0 Å². The van der Waals surface area contributed by atoms with Crippen molar-refractivity contribution in [3.63, 3.8) is 0 Å². The molecular weight excluding hydrogens is 449 g/mol. The molecule has 0 radical (unpaired) electrons. The molecule has 3 aromatic rings. The molecule has 1 heterocycles. The molecule has 0 saturated carbocycles. The van der Waals surface area contributed by atoms with Crippen LogP contribution < -0.4 is 19.5 Å². The number of nitrogens with zero attached hydrogens (tertiary/aromatic N) is 2. The van der Waals surface area contributed by atoms with Gasteiger partial charge in [0.1, 0.15) is 0 Å². The Morgan fingerprint density at radius 2 is 1.60 bits per heavy atom. The fraction of sp³-hybridized carbons (Fsp3) is 0.150. The molecule has 1 aromatic heterocycles. The largest absolute Gasteiger partial charge is 0.493 e. The Balaban J connectivity index is 1.82. The summed E-state index contributed by atoms with van der Waals surface area (Å²) in [5.41, 5.74) is 1.30. The highest BCUT2D eigenvalue weighted by atomic mass is 35.5. The van der Waals surface area contributed by atoms with E-state index in [4.69, 9.17) is 37.4 Å². The van der Waals surface area contributed by atoms with E-state index in [0.717, 1.165) is 11.3 Å². The predicted molar refractivity (Wildman–Crippen MR) is 119 cm³/mol. The van der Waals surface area contributed by atoms with E-state index in [1.165, 1.54) is 21.3 Å². The summed E-state index contributed by atoms with van der Waals surface area (Å²) >= 11 is 13.3. The summed E-state index contributed by atoms with van der Waals surface area (Å²) in [5, 5.41) is 12.1. The van der Waals surface area contributed by atoms with Gasteiger partial charge < -0.3 is 19.5 Å². The van der Waals surface area contributed by atoms with E-state index in [1.54, 1.807) is 42.5 Å². The number of nitrogens with one attached hydrogen (secondary N) is 1. The minimum atomic E-state index is -0.390. The molecule has 0 aliphatic carbocycles. The van der Waals surface area contributed by atoms with Crippen molar-refractivity contribution in [2.24, 2.45) is 0 Å². The lowest BCUT2D eigenvalue weighted by Crippen LogP contribution is -2.11. The van der Waals surface area contributed by atoms with Gasteiger partial charge >= 0.3 is 0 Å². The molecule has 0 fully saturated rings. The van der Waals surface area contributed by atoms with Crippen LogP contribution in [-0.4, -0.2) is 37.4 Å². The number of amides is 1. The molecule has 0 aliphatic rings. The highest BCUT2D eigenvalue weighted by Gasteiger charge is 2.16. The first-order valence-corrected chi connectivity index (χ1v) is 10.1. The van der Waals surface area contributed by atoms with E-state index in [9.17, 15) is 4.79 Å². The standard InChI is InChI=1S/C20H17Cl2N3O4S/c1-27-15-9-11(10-16(28-2)17(15)29-3)8-14(22)19-24-25-20(30-19)18(26)23-13-6-4-12(21)5-7-13/h4-10H,1-3H3,(H,23,26)/b14-8-. The summed E-state index contributed by atoms with van der Waals surface area (Å²) in [7, 11) is 4.59. The fourth-order valence-corrected chi connectivity index (χ4v) is 3.57. The van der Waals surface area contributed by atoms with Gasteiger partial charge in [0, 0.05) is 10.7 Å². The molecule has 0 atom stereocenters. The van der Waals surface area contributed by atoms with Crippen LogP contribution in [-0.2, 0) is 0 Å².